The molecule has 0 saturated carbocycles. The standard InChI is InChI=1S/C14H26N2O2/c1-12(16-6-4-15-5-7-16)14(10-18-11-14)13-2-8-17-9-3-13/h12-13,15H,2-11H2,1H3. The van der Waals surface area contributed by atoms with Crippen LogP contribution in [0.1, 0.15) is 19.8 Å². The molecule has 0 amide bonds. The molecule has 3 rings (SSSR count). The maximum absolute atomic E-state index is 5.62. The highest BCUT2D eigenvalue weighted by Gasteiger charge is 2.51. The fourth-order valence-electron chi connectivity index (χ4n) is 3.86. The first-order chi connectivity index (χ1) is 8.83. The molecule has 1 unspecified atom stereocenters. The highest BCUT2D eigenvalue weighted by Crippen LogP contribution is 2.45. The van der Waals surface area contributed by atoms with Crippen LogP contribution < -0.4 is 5.32 Å². The third-order valence-corrected chi connectivity index (χ3v) is 5.31. The van der Waals surface area contributed by atoms with Crippen molar-refractivity contribution in [1.82, 2.24) is 10.2 Å². The number of piperazine rings is 1. The van der Waals surface area contributed by atoms with E-state index in [4.69, 9.17) is 9.47 Å². The van der Waals surface area contributed by atoms with Gasteiger partial charge in [0.1, 0.15) is 0 Å². The summed E-state index contributed by atoms with van der Waals surface area (Å²) >= 11 is 0. The summed E-state index contributed by atoms with van der Waals surface area (Å²) in [7, 11) is 0. The second kappa shape index (κ2) is 5.45. The van der Waals surface area contributed by atoms with Crippen LogP contribution in [-0.4, -0.2) is 63.5 Å². The smallest absolute Gasteiger partial charge is 0.0562 e. The van der Waals surface area contributed by atoms with E-state index < -0.39 is 0 Å². The van der Waals surface area contributed by atoms with Gasteiger partial charge in [0.25, 0.3) is 0 Å². The Labute approximate surface area is 110 Å². The molecule has 3 aliphatic heterocycles. The minimum Gasteiger partial charge on any atom is -0.381 e. The van der Waals surface area contributed by atoms with Gasteiger partial charge in [0.05, 0.1) is 13.2 Å². The van der Waals surface area contributed by atoms with Crippen molar-refractivity contribution in [3.63, 3.8) is 0 Å². The molecule has 3 heterocycles. The van der Waals surface area contributed by atoms with E-state index in [9.17, 15) is 0 Å². The van der Waals surface area contributed by atoms with Crippen LogP contribution in [0.15, 0.2) is 0 Å². The van der Waals surface area contributed by atoms with E-state index in [0.29, 0.717) is 11.5 Å². The quantitative estimate of drug-likeness (QED) is 0.805. The normalized spacial score (nSPS) is 31.8. The van der Waals surface area contributed by atoms with Crippen molar-refractivity contribution in [3.05, 3.63) is 0 Å². The molecule has 3 fully saturated rings. The highest BCUT2D eigenvalue weighted by atomic mass is 16.5. The van der Waals surface area contributed by atoms with Crippen LogP contribution in [0.25, 0.3) is 0 Å². The summed E-state index contributed by atoms with van der Waals surface area (Å²) in [5.74, 6) is 0.796. The van der Waals surface area contributed by atoms with E-state index in [2.05, 4.69) is 17.1 Å². The largest absolute Gasteiger partial charge is 0.381 e. The molecule has 1 atom stereocenters. The van der Waals surface area contributed by atoms with Gasteiger partial charge in [0.15, 0.2) is 0 Å². The van der Waals surface area contributed by atoms with Crippen molar-refractivity contribution >= 4 is 0 Å². The summed E-state index contributed by atoms with van der Waals surface area (Å²) in [5, 5.41) is 3.44. The van der Waals surface area contributed by atoms with Crippen LogP contribution in [0.2, 0.25) is 0 Å². The lowest BCUT2D eigenvalue weighted by Gasteiger charge is -2.55. The molecule has 104 valence electrons. The van der Waals surface area contributed by atoms with Gasteiger partial charge in [0.2, 0.25) is 0 Å². The molecule has 0 spiro atoms. The Kier molecular flexibility index (Phi) is 3.89. The molecule has 4 nitrogen and oxygen atoms in total. The van der Waals surface area contributed by atoms with Crippen molar-refractivity contribution in [3.8, 4) is 0 Å². The average molecular weight is 254 g/mol. The molecule has 0 aliphatic carbocycles. The first-order valence-corrected chi connectivity index (χ1v) is 7.43. The zero-order valence-electron chi connectivity index (χ0n) is 11.5. The number of nitrogens with one attached hydrogen (secondary N) is 1. The molecule has 3 aliphatic rings. The van der Waals surface area contributed by atoms with Gasteiger partial charge >= 0.3 is 0 Å². The lowest BCUT2D eigenvalue weighted by Crippen LogP contribution is -2.63. The van der Waals surface area contributed by atoms with Gasteiger partial charge < -0.3 is 14.8 Å². The van der Waals surface area contributed by atoms with Crippen molar-refractivity contribution in [2.24, 2.45) is 11.3 Å². The van der Waals surface area contributed by atoms with Crippen LogP contribution in [-0.2, 0) is 9.47 Å². The minimum absolute atomic E-state index is 0.404. The molecule has 1 N–H and O–H groups in total. The lowest BCUT2D eigenvalue weighted by atomic mass is 9.65. The Balaban J connectivity index is 1.69. The third kappa shape index (κ3) is 2.20. The van der Waals surface area contributed by atoms with E-state index >= 15 is 0 Å². The monoisotopic (exact) mass is 254 g/mol. The van der Waals surface area contributed by atoms with E-state index in [1.54, 1.807) is 0 Å². The van der Waals surface area contributed by atoms with Crippen LogP contribution in [0.4, 0.5) is 0 Å². The summed E-state index contributed by atoms with van der Waals surface area (Å²) < 4.78 is 11.1. The van der Waals surface area contributed by atoms with Crippen molar-refractivity contribution in [2.75, 3.05) is 52.6 Å². The van der Waals surface area contributed by atoms with Gasteiger partial charge in [-0.15, -0.1) is 0 Å². The molecule has 4 heteroatoms. The zero-order chi connectivity index (χ0) is 12.4. The van der Waals surface area contributed by atoms with Crippen LogP contribution >= 0.6 is 0 Å². The molecule has 3 saturated heterocycles. The topological polar surface area (TPSA) is 33.7 Å². The summed E-state index contributed by atoms with van der Waals surface area (Å²) in [4.78, 5) is 2.66. The summed E-state index contributed by atoms with van der Waals surface area (Å²) in [6.45, 7) is 10.9. The Bertz CT molecular complexity index is 269. The SMILES string of the molecule is CC(N1CCNCC1)C1(C2CCOCC2)COC1. The van der Waals surface area contributed by atoms with Crippen molar-refractivity contribution in [2.45, 2.75) is 25.8 Å². The third-order valence-electron chi connectivity index (χ3n) is 5.31. The summed E-state index contributed by atoms with van der Waals surface area (Å²) in [5.41, 5.74) is 0.404. The fourth-order valence-corrected chi connectivity index (χ4v) is 3.86. The van der Waals surface area contributed by atoms with Crippen molar-refractivity contribution < 1.29 is 9.47 Å². The predicted molar refractivity (Wildman–Crippen MR) is 70.7 cm³/mol. The molecule has 0 aromatic carbocycles. The van der Waals surface area contributed by atoms with Gasteiger partial charge in [-0.3, -0.25) is 4.90 Å². The Morgan fingerprint density at radius 3 is 2.33 bits per heavy atom. The summed E-state index contributed by atoms with van der Waals surface area (Å²) in [6, 6.07) is 0.649. The molecule has 18 heavy (non-hydrogen) atoms. The van der Waals surface area contributed by atoms with Crippen LogP contribution in [0, 0.1) is 11.3 Å². The Morgan fingerprint density at radius 1 is 1.11 bits per heavy atom. The van der Waals surface area contributed by atoms with Crippen LogP contribution in [0.5, 0.6) is 0 Å². The number of nitrogens with zero attached hydrogens (tertiary/aromatic N) is 1. The first-order valence-electron chi connectivity index (χ1n) is 7.43. The number of hydrogen-bond acceptors (Lipinski definition) is 4. The van der Waals surface area contributed by atoms with E-state index in [1.807, 2.05) is 0 Å². The second-order valence-electron chi connectivity index (χ2n) is 6.07. The van der Waals surface area contributed by atoms with Gasteiger partial charge in [0, 0.05) is 50.8 Å². The Hall–Kier alpha value is -0.160. The van der Waals surface area contributed by atoms with E-state index in [-0.39, 0.29) is 0 Å². The maximum Gasteiger partial charge on any atom is 0.0562 e. The van der Waals surface area contributed by atoms with Crippen molar-refractivity contribution in [1.29, 1.82) is 0 Å². The lowest BCUT2D eigenvalue weighted by molar-refractivity contribution is -0.196. The van der Waals surface area contributed by atoms with Gasteiger partial charge in [-0.25, -0.2) is 0 Å². The molecule has 0 radical (unpaired) electrons. The first kappa shape index (κ1) is 12.9. The number of ether oxygens (including phenoxy) is 2. The molecule has 0 bridgehead atoms. The summed E-state index contributed by atoms with van der Waals surface area (Å²) in [6.07, 6.45) is 2.44. The second-order valence-corrected chi connectivity index (χ2v) is 6.07. The number of hydrogen-bond donors (Lipinski definition) is 1. The van der Waals surface area contributed by atoms with Gasteiger partial charge in [-0.2, -0.15) is 0 Å². The van der Waals surface area contributed by atoms with E-state index in [1.165, 1.54) is 25.9 Å². The molecule has 0 aromatic heterocycles. The average Bonchev–Trinajstić information content (AvgIpc) is 2.40. The maximum atomic E-state index is 5.62. The van der Waals surface area contributed by atoms with Gasteiger partial charge in [-0.05, 0) is 25.7 Å². The fraction of sp³-hybridized carbons (Fsp3) is 1.00. The van der Waals surface area contributed by atoms with E-state index in [0.717, 1.165) is 45.4 Å². The Morgan fingerprint density at radius 2 is 1.78 bits per heavy atom. The van der Waals surface area contributed by atoms with Crippen LogP contribution in [0.3, 0.4) is 0 Å². The number of rotatable bonds is 3. The molecule has 0 aromatic rings. The molecular formula is C14H26N2O2. The van der Waals surface area contributed by atoms with Gasteiger partial charge in [-0.1, -0.05) is 0 Å². The highest BCUT2D eigenvalue weighted by molar-refractivity contribution is 5.00. The zero-order valence-corrected chi connectivity index (χ0v) is 11.5. The minimum atomic E-state index is 0.404. The molecular weight excluding hydrogens is 228 g/mol. The predicted octanol–water partition coefficient (Wildman–Crippen LogP) is 0.723.